The van der Waals surface area contributed by atoms with E-state index in [0.29, 0.717) is 0 Å². The van der Waals surface area contributed by atoms with Crippen molar-refractivity contribution >= 4 is 8.07 Å². The molecule has 0 aromatic carbocycles. The molecule has 0 unspecified atom stereocenters. The molecule has 1 saturated heterocycles. The van der Waals surface area contributed by atoms with E-state index in [2.05, 4.69) is 13.1 Å². The van der Waals surface area contributed by atoms with Crippen LogP contribution in [0.3, 0.4) is 0 Å². The summed E-state index contributed by atoms with van der Waals surface area (Å²) in [7, 11) is -0.785. The fourth-order valence-electron chi connectivity index (χ4n) is 1.69. The summed E-state index contributed by atoms with van der Waals surface area (Å²) in [4.78, 5) is 0. The van der Waals surface area contributed by atoms with E-state index in [0.717, 1.165) is 13.2 Å². The van der Waals surface area contributed by atoms with E-state index < -0.39 is 8.07 Å². The highest BCUT2D eigenvalue weighted by molar-refractivity contribution is 6.77. The van der Waals surface area contributed by atoms with Crippen LogP contribution in [0, 0.1) is 0 Å². The van der Waals surface area contributed by atoms with Gasteiger partial charge in [-0.1, -0.05) is 31.6 Å². The summed E-state index contributed by atoms with van der Waals surface area (Å²) in [6, 6.07) is 2.98. The lowest BCUT2D eigenvalue weighted by Crippen LogP contribution is -2.24. The molecule has 0 saturated carbocycles. The van der Waals surface area contributed by atoms with Crippen LogP contribution >= 0.6 is 0 Å². The topological polar surface area (TPSA) is 9.23 Å². The molecule has 1 aliphatic heterocycles. The van der Waals surface area contributed by atoms with Gasteiger partial charge < -0.3 is 4.74 Å². The Balaban J connectivity index is 2.31. The molecule has 66 valence electrons. The van der Waals surface area contributed by atoms with Gasteiger partial charge in [-0.15, -0.1) is 0 Å². The molecule has 0 aromatic rings. The zero-order valence-corrected chi connectivity index (χ0v) is 8.86. The molecule has 0 spiro atoms. The first-order chi connectivity index (χ1) is 5.21. The summed E-state index contributed by atoms with van der Waals surface area (Å²) < 4.78 is 5.47. The highest BCUT2D eigenvalue weighted by Crippen LogP contribution is 2.21. The van der Waals surface area contributed by atoms with Gasteiger partial charge in [0.25, 0.3) is 0 Å². The summed E-state index contributed by atoms with van der Waals surface area (Å²) in [5.41, 5.74) is 0. The maximum Gasteiger partial charge on any atom is 0.0474 e. The van der Waals surface area contributed by atoms with E-state index >= 15 is 0 Å². The second-order valence-corrected chi connectivity index (χ2v) is 9.67. The van der Waals surface area contributed by atoms with Crippen LogP contribution in [0.25, 0.3) is 0 Å². The van der Waals surface area contributed by atoms with Gasteiger partial charge in [0.15, 0.2) is 0 Å². The Morgan fingerprint density at radius 2 is 1.55 bits per heavy atom. The van der Waals surface area contributed by atoms with Crippen LogP contribution in [-0.2, 0) is 4.74 Å². The Morgan fingerprint density at radius 3 is 2.36 bits per heavy atom. The number of rotatable bonds is 0. The van der Waals surface area contributed by atoms with E-state index in [-0.39, 0.29) is 0 Å². The van der Waals surface area contributed by atoms with Gasteiger partial charge in [0.2, 0.25) is 0 Å². The molecular weight excluding hydrogens is 152 g/mol. The molecule has 1 aliphatic rings. The van der Waals surface area contributed by atoms with E-state index in [1.54, 1.807) is 0 Å². The molecule has 2 heteroatoms. The first kappa shape index (κ1) is 9.27. The molecule has 0 amide bonds. The SMILES string of the molecule is C[Si]1(C)CCCCOCCC1. The monoisotopic (exact) mass is 172 g/mol. The zero-order chi connectivity index (χ0) is 8.16. The Labute approximate surface area is 71.1 Å². The molecule has 0 radical (unpaired) electrons. The van der Waals surface area contributed by atoms with Gasteiger partial charge in [0.1, 0.15) is 0 Å². The third kappa shape index (κ3) is 3.92. The predicted molar refractivity (Wildman–Crippen MR) is 51.8 cm³/mol. The average Bonchev–Trinajstić information content (AvgIpc) is 2.00. The second kappa shape index (κ2) is 4.26. The molecule has 0 bridgehead atoms. The fourth-order valence-corrected chi connectivity index (χ4v) is 4.25. The van der Waals surface area contributed by atoms with Crippen LogP contribution in [0.4, 0.5) is 0 Å². The molecule has 1 fully saturated rings. The Hall–Kier alpha value is 0.177. The minimum atomic E-state index is -0.785. The third-order valence-electron chi connectivity index (χ3n) is 2.53. The van der Waals surface area contributed by atoms with Crippen molar-refractivity contribution in [1.29, 1.82) is 0 Å². The van der Waals surface area contributed by atoms with E-state index in [4.69, 9.17) is 4.74 Å². The average molecular weight is 172 g/mol. The normalized spacial score (nSPS) is 26.7. The van der Waals surface area contributed by atoms with Crippen molar-refractivity contribution in [2.75, 3.05) is 13.2 Å². The molecule has 1 heterocycles. The molecule has 1 nitrogen and oxygen atoms in total. The summed E-state index contributed by atoms with van der Waals surface area (Å²) in [5, 5.41) is 0. The van der Waals surface area contributed by atoms with Crippen LogP contribution in [-0.4, -0.2) is 21.3 Å². The quantitative estimate of drug-likeness (QED) is 0.511. The molecule has 11 heavy (non-hydrogen) atoms. The van der Waals surface area contributed by atoms with Gasteiger partial charge in [-0.2, -0.15) is 0 Å². The minimum absolute atomic E-state index is 0.785. The zero-order valence-electron chi connectivity index (χ0n) is 7.86. The standard InChI is InChI=1S/C9H20OSi/c1-11(2)8-4-3-6-10-7-5-9-11/h3-9H2,1-2H3. The molecule has 0 atom stereocenters. The van der Waals surface area contributed by atoms with Gasteiger partial charge in [0, 0.05) is 21.3 Å². The second-order valence-electron chi connectivity index (χ2n) is 4.34. The van der Waals surface area contributed by atoms with Crippen molar-refractivity contribution in [2.45, 2.75) is 44.4 Å². The number of ether oxygens (including phenoxy) is 1. The highest BCUT2D eigenvalue weighted by Gasteiger charge is 2.19. The number of hydrogen-bond donors (Lipinski definition) is 0. The van der Waals surface area contributed by atoms with Crippen molar-refractivity contribution < 1.29 is 4.74 Å². The maximum atomic E-state index is 5.47. The van der Waals surface area contributed by atoms with Crippen molar-refractivity contribution in [1.82, 2.24) is 0 Å². The van der Waals surface area contributed by atoms with Gasteiger partial charge in [-0.25, -0.2) is 0 Å². The maximum absolute atomic E-state index is 5.47. The van der Waals surface area contributed by atoms with Gasteiger partial charge in [-0.05, 0) is 12.8 Å². The van der Waals surface area contributed by atoms with E-state index in [1.165, 1.54) is 31.4 Å². The van der Waals surface area contributed by atoms with E-state index in [9.17, 15) is 0 Å². The smallest absolute Gasteiger partial charge is 0.0474 e. The van der Waals surface area contributed by atoms with Gasteiger partial charge >= 0.3 is 0 Å². The van der Waals surface area contributed by atoms with Crippen LogP contribution in [0.2, 0.25) is 25.2 Å². The Bertz CT molecular complexity index is 100. The summed E-state index contributed by atoms with van der Waals surface area (Å²) >= 11 is 0. The van der Waals surface area contributed by atoms with Crippen LogP contribution < -0.4 is 0 Å². The summed E-state index contributed by atoms with van der Waals surface area (Å²) in [6.45, 7) is 7.04. The van der Waals surface area contributed by atoms with Gasteiger partial charge in [0.05, 0.1) is 0 Å². The lowest BCUT2D eigenvalue weighted by atomic mass is 10.4. The summed E-state index contributed by atoms with van der Waals surface area (Å²) in [5.74, 6) is 0. The third-order valence-corrected chi connectivity index (χ3v) is 5.95. The van der Waals surface area contributed by atoms with Crippen LogP contribution in [0.15, 0.2) is 0 Å². The molecule has 0 N–H and O–H groups in total. The largest absolute Gasteiger partial charge is 0.381 e. The lowest BCUT2D eigenvalue weighted by Gasteiger charge is -2.20. The fraction of sp³-hybridized carbons (Fsp3) is 1.00. The number of hydrogen-bond acceptors (Lipinski definition) is 1. The minimum Gasteiger partial charge on any atom is -0.381 e. The molecule has 1 rings (SSSR count). The van der Waals surface area contributed by atoms with Crippen molar-refractivity contribution in [3.63, 3.8) is 0 Å². The lowest BCUT2D eigenvalue weighted by molar-refractivity contribution is 0.133. The molecule has 0 aliphatic carbocycles. The van der Waals surface area contributed by atoms with E-state index in [1.807, 2.05) is 0 Å². The predicted octanol–water partition coefficient (Wildman–Crippen LogP) is 2.90. The first-order valence-corrected chi connectivity index (χ1v) is 8.20. The highest BCUT2D eigenvalue weighted by atomic mass is 28.3. The Morgan fingerprint density at radius 1 is 0.909 bits per heavy atom. The molecule has 0 aromatic heterocycles. The van der Waals surface area contributed by atoms with Crippen molar-refractivity contribution in [3.8, 4) is 0 Å². The van der Waals surface area contributed by atoms with Crippen LogP contribution in [0.1, 0.15) is 19.3 Å². The molecular formula is C9H20OSi. The Kier molecular flexibility index (Phi) is 3.59. The first-order valence-electron chi connectivity index (χ1n) is 4.78. The summed E-state index contributed by atoms with van der Waals surface area (Å²) in [6.07, 6.45) is 3.99. The van der Waals surface area contributed by atoms with Crippen molar-refractivity contribution in [3.05, 3.63) is 0 Å². The van der Waals surface area contributed by atoms with Crippen LogP contribution in [0.5, 0.6) is 0 Å². The van der Waals surface area contributed by atoms with Crippen molar-refractivity contribution in [2.24, 2.45) is 0 Å². The van der Waals surface area contributed by atoms with Gasteiger partial charge in [-0.3, -0.25) is 0 Å².